The third-order valence-corrected chi connectivity index (χ3v) is 5.49. The molecule has 0 aromatic heterocycles. The zero-order valence-corrected chi connectivity index (χ0v) is 14.5. The van der Waals surface area contributed by atoms with E-state index >= 15 is 0 Å². The molecule has 2 saturated carbocycles. The minimum atomic E-state index is -0.889. The van der Waals surface area contributed by atoms with Crippen LogP contribution in [0.5, 0.6) is 0 Å². The van der Waals surface area contributed by atoms with Gasteiger partial charge in [-0.2, -0.15) is 0 Å². The van der Waals surface area contributed by atoms with Crippen LogP contribution in [-0.2, 0) is 4.79 Å². The number of carbonyl (C=O) groups excluding carboxylic acids is 1. The molecule has 0 aliphatic heterocycles. The van der Waals surface area contributed by atoms with Crippen LogP contribution in [0, 0.1) is 23.6 Å². The molecular weight excluding hydrogens is 331 g/mol. The van der Waals surface area contributed by atoms with Crippen LogP contribution in [0.1, 0.15) is 43.8 Å². The molecule has 3 atom stereocenters. The molecule has 0 spiro atoms. The van der Waals surface area contributed by atoms with Gasteiger partial charge >= 0.3 is 0 Å². The van der Waals surface area contributed by atoms with Gasteiger partial charge in [0.1, 0.15) is 5.82 Å². The minimum absolute atomic E-state index is 0. The zero-order valence-electron chi connectivity index (χ0n) is 13.7. The second-order valence-corrected chi connectivity index (χ2v) is 7.01. The fraction of sp³-hybridized carbons (Fsp3) is 0.611. The van der Waals surface area contributed by atoms with E-state index in [0.717, 1.165) is 25.7 Å². The Kier molecular flexibility index (Phi) is 6.61. The summed E-state index contributed by atoms with van der Waals surface area (Å²) in [6.07, 6.45) is 4.26. The number of fused-ring (bicyclic) bond motifs is 2. The first-order valence-electron chi connectivity index (χ1n) is 8.51. The first-order valence-corrected chi connectivity index (χ1v) is 8.51. The summed E-state index contributed by atoms with van der Waals surface area (Å²) in [5, 5.41) is 12.9. The Hall–Kier alpha value is -1.17. The molecule has 3 unspecified atom stereocenters. The van der Waals surface area contributed by atoms with Gasteiger partial charge < -0.3 is 16.2 Å². The van der Waals surface area contributed by atoms with Crippen molar-refractivity contribution in [3.05, 3.63) is 35.6 Å². The molecule has 134 valence electrons. The average molecular weight is 357 g/mol. The molecule has 24 heavy (non-hydrogen) atoms. The molecule has 3 rings (SSSR count). The van der Waals surface area contributed by atoms with Gasteiger partial charge in [0.05, 0.1) is 6.10 Å². The number of aliphatic hydroxyl groups excluding tert-OH is 1. The normalized spacial score (nSPS) is 30.1. The lowest BCUT2D eigenvalue weighted by Gasteiger charge is -2.43. The molecular formula is C18H26ClFN2O2. The lowest BCUT2D eigenvalue weighted by Crippen LogP contribution is -2.49. The Balaban J connectivity index is 0.00000208. The van der Waals surface area contributed by atoms with Gasteiger partial charge in [-0.25, -0.2) is 4.39 Å². The fourth-order valence-corrected chi connectivity index (χ4v) is 4.18. The van der Waals surface area contributed by atoms with Gasteiger partial charge in [-0.05, 0) is 55.2 Å². The summed E-state index contributed by atoms with van der Waals surface area (Å²) in [4.78, 5) is 12.4. The van der Waals surface area contributed by atoms with Crippen molar-refractivity contribution in [1.82, 2.24) is 5.32 Å². The van der Waals surface area contributed by atoms with Crippen molar-refractivity contribution >= 4 is 18.3 Å². The van der Waals surface area contributed by atoms with E-state index in [9.17, 15) is 14.3 Å². The summed E-state index contributed by atoms with van der Waals surface area (Å²) in [5.41, 5.74) is 6.73. The number of amides is 1. The van der Waals surface area contributed by atoms with Gasteiger partial charge in [0, 0.05) is 18.5 Å². The number of aliphatic hydroxyl groups is 1. The van der Waals surface area contributed by atoms with E-state index < -0.39 is 6.10 Å². The maximum atomic E-state index is 13.2. The number of benzene rings is 1. The molecule has 1 amide bonds. The van der Waals surface area contributed by atoms with E-state index in [1.54, 1.807) is 12.1 Å². The van der Waals surface area contributed by atoms with Crippen LogP contribution >= 0.6 is 12.4 Å². The van der Waals surface area contributed by atoms with E-state index in [4.69, 9.17) is 5.73 Å². The highest BCUT2D eigenvalue weighted by Gasteiger charge is 2.40. The van der Waals surface area contributed by atoms with E-state index in [1.807, 2.05) is 0 Å². The molecule has 2 fully saturated rings. The van der Waals surface area contributed by atoms with Gasteiger partial charge in [-0.3, -0.25) is 4.79 Å². The van der Waals surface area contributed by atoms with Crippen LogP contribution < -0.4 is 11.1 Å². The van der Waals surface area contributed by atoms with Crippen molar-refractivity contribution < 1.29 is 14.3 Å². The number of rotatable bonds is 4. The van der Waals surface area contributed by atoms with Crippen molar-refractivity contribution in [2.24, 2.45) is 23.5 Å². The summed E-state index contributed by atoms with van der Waals surface area (Å²) >= 11 is 0. The standard InChI is InChI=1S/C18H25FN2O2.ClH/c19-15-6-2-3-11(9-15)16(22)10-21-18(23)14-7-12-4-1-5-13(8-14)17(12)20;/h2-3,6,9,12-14,16-17,22H,1,4-5,7-8,10,20H2,(H,21,23);1H. The van der Waals surface area contributed by atoms with Gasteiger partial charge in [-0.1, -0.05) is 18.6 Å². The summed E-state index contributed by atoms with van der Waals surface area (Å²) in [7, 11) is 0. The van der Waals surface area contributed by atoms with E-state index in [2.05, 4.69) is 5.32 Å². The summed E-state index contributed by atoms with van der Waals surface area (Å²) in [5.74, 6) is 0.494. The zero-order chi connectivity index (χ0) is 16.4. The highest BCUT2D eigenvalue weighted by atomic mass is 35.5. The van der Waals surface area contributed by atoms with E-state index in [-0.39, 0.29) is 42.6 Å². The maximum absolute atomic E-state index is 13.2. The summed E-state index contributed by atoms with van der Waals surface area (Å²) in [6.45, 7) is 0.111. The molecule has 4 nitrogen and oxygen atoms in total. The summed E-state index contributed by atoms with van der Waals surface area (Å²) < 4.78 is 13.2. The Labute approximate surface area is 148 Å². The first kappa shape index (κ1) is 19.2. The summed E-state index contributed by atoms with van der Waals surface area (Å²) in [6, 6.07) is 6.08. The van der Waals surface area contributed by atoms with E-state index in [0.29, 0.717) is 17.4 Å². The third-order valence-electron chi connectivity index (χ3n) is 5.49. The Morgan fingerprint density at radius 3 is 2.62 bits per heavy atom. The molecule has 2 aliphatic rings. The molecule has 1 aromatic carbocycles. The van der Waals surface area contributed by atoms with Crippen LogP contribution in [0.15, 0.2) is 24.3 Å². The second kappa shape index (κ2) is 8.28. The average Bonchev–Trinajstić information content (AvgIpc) is 2.52. The molecule has 1 aromatic rings. The number of nitrogens with two attached hydrogens (primary N) is 1. The first-order chi connectivity index (χ1) is 11.0. The largest absolute Gasteiger partial charge is 0.387 e. The molecule has 4 N–H and O–H groups in total. The van der Waals surface area contributed by atoms with Crippen LogP contribution in [0.2, 0.25) is 0 Å². The number of halogens is 2. The lowest BCUT2D eigenvalue weighted by atomic mass is 9.65. The molecule has 6 heteroatoms. The number of carbonyl (C=O) groups is 1. The number of hydrogen-bond acceptors (Lipinski definition) is 3. The van der Waals surface area contributed by atoms with E-state index in [1.165, 1.54) is 18.6 Å². The van der Waals surface area contributed by atoms with Gasteiger partial charge in [0.2, 0.25) is 5.91 Å². The van der Waals surface area contributed by atoms with Crippen molar-refractivity contribution in [3.8, 4) is 0 Å². The molecule has 2 bridgehead atoms. The number of hydrogen-bond donors (Lipinski definition) is 3. The Morgan fingerprint density at radius 2 is 2.00 bits per heavy atom. The van der Waals surface area contributed by atoms with Crippen LogP contribution in [0.3, 0.4) is 0 Å². The van der Waals surface area contributed by atoms with Crippen LogP contribution in [0.4, 0.5) is 4.39 Å². The molecule has 0 heterocycles. The van der Waals surface area contributed by atoms with Crippen LogP contribution in [0.25, 0.3) is 0 Å². The van der Waals surface area contributed by atoms with Gasteiger partial charge in [-0.15, -0.1) is 12.4 Å². The molecule has 0 radical (unpaired) electrons. The lowest BCUT2D eigenvalue weighted by molar-refractivity contribution is -0.128. The smallest absolute Gasteiger partial charge is 0.223 e. The minimum Gasteiger partial charge on any atom is -0.387 e. The third kappa shape index (κ3) is 4.26. The SMILES string of the molecule is Cl.NC1C2CCCC1CC(C(=O)NCC(O)c1cccc(F)c1)C2. The quantitative estimate of drug-likeness (QED) is 0.776. The van der Waals surface area contributed by atoms with Crippen molar-refractivity contribution in [2.45, 2.75) is 44.2 Å². The van der Waals surface area contributed by atoms with Gasteiger partial charge in [0.15, 0.2) is 0 Å². The predicted octanol–water partition coefficient (Wildman–Crippen LogP) is 2.55. The predicted molar refractivity (Wildman–Crippen MR) is 93.1 cm³/mol. The Morgan fingerprint density at radius 1 is 1.33 bits per heavy atom. The van der Waals surface area contributed by atoms with Crippen LogP contribution in [-0.4, -0.2) is 23.6 Å². The van der Waals surface area contributed by atoms with Gasteiger partial charge in [0.25, 0.3) is 0 Å². The highest BCUT2D eigenvalue weighted by molar-refractivity contribution is 5.85. The monoisotopic (exact) mass is 356 g/mol. The fourth-order valence-electron chi connectivity index (χ4n) is 4.18. The topological polar surface area (TPSA) is 75.4 Å². The number of nitrogens with one attached hydrogen (secondary N) is 1. The second-order valence-electron chi connectivity index (χ2n) is 7.01. The Bertz CT molecular complexity index is 558. The van der Waals surface area contributed by atoms with Crippen molar-refractivity contribution in [1.29, 1.82) is 0 Å². The maximum Gasteiger partial charge on any atom is 0.223 e. The highest BCUT2D eigenvalue weighted by Crippen LogP contribution is 2.41. The molecule has 0 saturated heterocycles. The van der Waals surface area contributed by atoms with Crippen molar-refractivity contribution in [2.75, 3.05) is 6.54 Å². The molecule has 2 aliphatic carbocycles. The van der Waals surface area contributed by atoms with Crippen molar-refractivity contribution in [3.63, 3.8) is 0 Å².